The van der Waals surface area contributed by atoms with Gasteiger partial charge in [0.05, 0.1) is 44.0 Å². The number of ether oxygens (including phenoxy) is 2. The van der Waals surface area contributed by atoms with Crippen LogP contribution in [0.5, 0.6) is 0 Å². The standard InChI is InChI=1S/C19H20N2O5/c1-24-11-10-21(26-3)18(22)13-7-8-14-16(12-13)20-9-5-4-6-15(20)17(14)19(23)25-2/h4-9,12H,10-11H2,1-3H3. The number of nitrogens with zero attached hydrogens (tertiary/aromatic N) is 2. The number of amides is 1. The van der Waals surface area contributed by atoms with Crippen molar-refractivity contribution >= 4 is 28.3 Å². The molecule has 0 aliphatic rings. The zero-order chi connectivity index (χ0) is 18.7. The van der Waals surface area contributed by atoms with Gasteiger partial charge in [0, 0.05) is 24.3 Å². The highest BCUT2D eigenvalue weighted by Gasteiger charge is 2.21. The van der Waals surface area contributed by atoms with Crippen LogP contribution in [0.2, 0.25) is 0 Å². The minimum Gasteiger partial charge on any atom is -0.465 e. The van der Waals surface area contributed by atoms with E-state index in [1.54, 1.807) is 25.3 Å². The molecule has 7 heteroatoms. The van der Waals surface area contributed by atoms with Crippen molar-refractivity contribution in [3.05, 3.63) is 53.7 Å². The number of hydrogen-bond donors (Lipinski definition) is 0. The highest BCUT2D eigenvalue weighted by atomic mass is 16.7. The van der Waals surface area contributed by atoms with Crippen molar-refractivity contribution in [2.45, 2.75) is 0 Å². The number of pyridine rings is 1. The van der Waals surface area contributed by atoms with Crippen molar-refractivity contribution < 1.29 is 23.9 Å². The first-order chi connectivity index (χ1) is 12.6. The molecule has 3 rings (SSSR count). The van der Waals surface area contributed by atoms with Gasteiger partial charge in [-0.1, -0.05) is 12.1 Å². The lowest BCUT2D eigenvalue weighted by Gasteiger charge is -2.19. The number of hydrogen-bond acceptors (Lipinski definition) is 5. The van der Waals surface area contributed by atoms with Crippen LogP contribution in [0.4, 0.5) is 0 Å². The van der Waals surface area contributed by atoms with Crippen molar-refractivity contribution in [3.63, 3.8) is 0 Å². The first-order valence-corrected chi connectivity index (χ1v) is 8.08. The van der Waals surface area contributed by atoms with Gasteiger partial charge < -0.3 is 13.9 Å². The number of carbonyl (C=O) groups excluding carboxylic acids is 2. The monoisotopic (exact) mass is 356 g/mol. The average molecular weight is 356 g/mol. The maximum atomic E-state index is 12.7. The second kappa shape index (κ2) is 7.55. The summed E-state index contributed by atoms with van der Waals surface area (Å²) >= 11 is 0. The first-order valence-electron chi connectivity index (χ1n) is 8.08. The third kappa shape index (κ3) is 3.02. The van der Waals surface area contributed by atoms with Gasteiger partial charge in [0.2, 0.25) is 0 Å². The van der Waals surface area contributed by atoms with E-state index in [1.165, 1.54) is 19.3 Å². The number of esters is 1. The Balaban J connectivity index is 2.13. The number of methoxy groups -OCH3 is 2. The summed E-state index contributed by atoms with van der Waals surface area (Å²) in [5.74, 6) is -0.696. The van der Waals surface area contributed by atoms with E-state index >= 15 is 0 Å². The molecule has 2 heterocycles. The quantitative estimate of drug-likeness (QED) is 0.501. The molecule has 0 saturated heterocycles. The minimum atomic E-state index is -0.415. The molecule has 1 aromatic carbocycles. The molecule has 1 amide bonds. The SMILES string of the molecule is COCCN(OC)C(=O)c1ccc2c(C(=O)OC)c3ccccn3c2c1. The third-order valence-corrected chi connectivity index (χ3v) is 4.22. The van der Waals surface area contributed by atoms with Gasteiger partial charge in [0.15, 0.2) is 0 Å². The van der Waals surface area contributed by atoms with Crippen molar-refractivity contribution in [1.29, 1.82) is 0 Å². The first kappa shape index (κ1) is 17.9. The Morgan fingerprint density at radius 3 is 2.58 bits per heavy atom. The topological polar surface area (TPSA) is 69.5 Å². The van der Waals surface area contributed by atoms with E-state index in [4.69, 9.17) is 14.3 Å². The number of carbonyl (C=O) groups is 2. The van der Waals surface area contributed by atoms with Crippen LogP contribution in [0.15, 0.2) is 42.6 Å². The van der Waals surface area contributed by atoms with Gasteiger partial charge in [-0.15, -0.1) is 0 Å². The van der Waals surface area contributed by atoms with Gasteiger partial charge in [-0.05, 0) is 24.3 Å². The number of aromatic nitrogens is 1. The number of benzene rings is 1. The zero-order valence-corrected chi connectivity index (χ0v) is 14.9. The summed E-state index contributed by atoms with van der Waals surface area (Å²) in [6.07, 6.45) is 1.84. The van der Waals surface area contributed by atoms with E-state index < -0.39 is 5.97 Å². The largest absolute Gasteiger partial charge is 0.465 e. The molecule has 0 aliphatic carbocycles. The molecule has 7 nitrogen and oxygen atoms in total. The van der Waals surface area contributed by atoms with Crippen LogP contribution in [0.1, 0.15) is 20.7 Å². The second-order valence-corrected chi connectivity index (χ2v) is 5.64. The Labute approximate surface area is 150 Å². The van der Waals surface area contributed by atoms with Gasteiger partial charge in [0.1, 0.15) is 0 Å². The second-order valence-electron chi connectivity index (χ2n) is 5.64. The van der Waals surface area contributed by atoms with Crippen LogP contribution < -0.4 is 0 Å². The molecule has 0 atom stereocenters. The lowest BCUT2D eigenvalue weighted by molar-refractivity contribution is -0.103. The lowest BCUT2D eigenvalue weighted by Crippen LogP contribution is -2.32. The molecule has 0 radical (unpaired) electrons. The summed E-state index contributed by atoms with van der Waals surface area (Å²) < 4.78 is 11.8. The van der Waals surface area contributed by atoms with Crippen LogP contribution in [0.25, 0.3) is 16.4 Å². The van der Waals surface area contributed by atoms with Crippen LogP contribution in [-0.2, 0) is 14.3 Å². The Kier molecular flexibility index (Phi) is 5.20. The molecule has 3 aromatic rings. The van der Waals surface area contributed by atoms with Crippen molar-refractivity contribution in [2.24, 2.45) is 0 Å². The summed E-state index contributed by atoms with van der Waals surface area (Å²) in [5, 5.41) is 1.96. The van der Waals surface area contributed by atoms with E-state index in [2.05, 4.69) is 0 Å². The smallest absolute Gasteiger partial charge is 0.340 e. The summed E-state index contributed by atoms with van der Waals surface area (Å²) in [6.45, 7) is 0.675. The maximum absolute atomic E-state index is 12.7. The number of rotatable bonds is 6. The average Bonchev–Trinajstić information content (AvgIpc) is 3.01. The molecule has 26 heavy (non-hydrogen) atoms. The van der Waals surface area contributed by atoms with E-state index in [-0.39, 0.29) is 5.91 Å². The van der Waals surface area contributed by atoms with Gasteiger partial charge >= 0.3 is 5.97 Å². The third-order valence-electron chi connectivity index (χ3n) is 4.22. The molecular formula is C19H20N2O5. The minimum absolute atomic E-state index is 0.281. The van der Waals surface area contributed by atoms with E-state index in [9.17, 15) is 9.59 Å². The molecule has 0 N–H and O–H groups in total. The van der Waals surface area contributed by atoms with Gasteiger partial charge in [0.25, 0.3) is 5.91 Å². The molecule has 2 aromatic heterocycles. The Bertz CT molecular complexity index is 963. The van der Waals surface area contributed by atoms with Gasteiger partial charge in [-0.3, -0.25) is 9.63 Å². The molecule has 0 spiro atoms. The van der Waals surface area contributed by atoms with Gasteiger partial charge in [-0.25, -0.2) is 9.86 Å². The fourth-order valence-corrected chi connectivity index (χ4v) is 2.98. The molecule has 0 unspecified atom stereocenters. The number of fused-ring (bicyclic) bond motifs is 3. The maximum Gasteiger partial charge on any atom is 0.340 e. The Morgan fingerprint density at radius 1 is 1.08 bits per heavy atom. The van der Waals surface area contributed by atoms with Crippen molar-refractivity contribution in [1.82, 2.24) is 9.46 Å². The Morgan fingerprint density at radius 2 is 1.88 bits per heavy atom. The van der Waals surface area contributed by atoms with Crippen LogP contribution >= 0.6 is 0 Å². The van der Waals surface area contributed by atoms with Crippen LogP contribution in [0.3, 0.4) is 0 Å². The highest BCUT2D eigenvalue weighted by Crippen LogP contribution is 2.28. The summed E-state index contributed by atoms with van der Waals surface area (Å²) in [4.78, 5) is 30.1. The molecule has 0 fully saturated rings. The summed E-state index contributed by atoms with van der Waals surface area (Å²) in [6, 6.07) is 10.7. The van der Waals surface area contributed by atoms with E-state index in [0.29, 0.717) is 24.3 Å². The Hall–Kier alpha value is -2.90. The molecule has 0 bridgehead atoms. The van der Waals surface area contributed by atoms with E-state index in [0.717, 1.165) is 16.4 Å². The normalized spacial score (nSPS) is 11.0. The van der Waals surface area contributed by atoms with Crippen molar-refractivity contribution in [2.75, 3.05) is 34.5 Å². The molecule has 0 aliphatic heterocycles. The fourth-order valence-electron chi connectivity index (χ4n) is 2.98. The van der Waals surface area contributed by atoms with E-state index in [1.807, 2.05) is 28.8 Å². The van der Waals surface area contributed by atoms with Crippen molar-refractivity contribution in [3.8, 4) is 0 Å². The van der Waals surface area contributed by atoms with Gasteiger partial charge in [-0.2, -0.15) is 0 Å². The molecule has 0 saturated carbocycles. The van der Waals surface area contributed by atoms with Crippen LogP contribution in [0, 0.1) is 0 Å². The fraction of sp³-hybridized carbons (Fsp3) is 0.263. The highest BCUT2D eigenvalue weighted by molar-refractivity contribution is 6.12. The lowest BCUT2D eigenvalue weighted by atomic mass is 10.1. The molecule has 136 valence electrons. The summed E-state index contributed by atoms with van der Waals surface area (Å²) in [5.41, 5.74) is 2.40. The zero-order valence-electron chi connectivity index (χ0n) is 14.9. The molecular weight excluding hydrogens is 336 g/mol. The predicted molar refractivity (Wildman–Crippen MR) is 96.2 cm³/mol. The number of hydroxylamine groups is 2. The van der Waals surface area contributed by atoms with Crippen LogP contribution in [-0.4, -0.2) is 55.8 Å². The predicted octanol–water partition coefficient (Wildman–Crippen LogP) is 2.53. The summed E-state index contributed by atoms with van der Waals surface area (Å²) in [7, 11) is 4.35.